The van der Waals surface area contributed by atoms with Crippen molar-refractivity contribution in [3.05, 3.63) is 53.9 Å². The predicted octanol–water partition coefficient (Wildman–Crippen LogP) is 2.88. The highest BCUT2D eigenvalue weighted by molar-refractivity contribution is 5.80. The number of benzene rings is 1. The van der Waals surface area contributed by atoms with Gasteiger partial charge in [0.1, 0.15) is 0 Å². The van der Waals surface area contributed by atoms with Gasteiger partial charge in [-0.15, -0.1) is 0 Å². The monoisotopic (exact) mass is 337 g/mol. The Hall–Kier alpha value is -2.30. The standard InChI is InChI=1S/C20H27N5/c1-21-19(24-13-10-20(16-24)8-4-9-20)22-14-17-6-2-3-7-18(17)15-25-12-5-11-23-25/h2-3,5-7,11-12H,4,8-10,13-16H2,1H3,(H,21,22). The molecule has 2 aliphatic rings. The molecule has 4 rings (SSSR count). The van der Waals surface area contributed by atoms with Gasteiger partial charge in [0.25, 0.3) is 0 Å². The molecule has 1 saturated heterocycles. The van der Waals surface area contributed by atoms with Crippen molar-refractivity contribution in [3.8, 4) is 0 Å². The minimum atomic E-state index is 0.593. The molecule has 5 nitrogen and oxygen atoms in total. The summed E-state index contributed by atoms with van der Waals surface area (Å²) in [6.45, 7) is 3.90. The van der Waals surface area contributed by atoms with Crippen molar-refractivity contribution < 1.29 is 0 Å². The second-order valence-electron chi connectivity index (χ2n) is 7.40. The molecule has 132 valence electrons. The van der Waals surface area contributed by atoms with Gasteiger partial charge in [0.15, 0.2) is 5.96 Å². The van der Waals surface area contributed by atoms with Crippen LogP contribution < -0.4 is 5.32 Å². The third kappa shape index (κ3) is 3.41. The van der Waals surface area contributed by atoms with Crippen LogP contribution in [0.5, 0.6) is 0 Å². The highest BCUT2D eigenvalue weighted by Crippen LogP contribution is 2.47. The maximum atomic E-state index is 4.53. The van der Waals surface area contributed by atoms with Crippen molar-refractivity contribution >= 4 is 5.96 Å². The van der Waals surface area contributed by atoms with Crippen LogP contribution in [-0.4, -0.2) is 40.8 Å². The van der Waals surface area contributed by atoms with Crippen LogP contribution in [0.2, 0.25) is 0 Å². The molecule has 1 aliphatic carbocycles. The van der Waals surface area contributed by atoms with Gasteiger partial charge in [-0.05, 0) is 41.9 Å². The molecular formula is C20H27N5. The molecule has 2 aromatic rings. The number of aromatic nitrogens is 2. The van der Waals surface area contributed by atoms with E-state index in [0.717, 1.165) is 25.6 Å². The maximum absolute atomic E-state index is 4.53. The SMILES string of the molecule is CN=C(NCc1ccccc1Cn1cccn1)N1CCC2(CCC2)C1. The Morgan fingerprint density at radius 1 is 1.20 bits per heavy atom. The zero-order chi connectivity index (χ0) is 17.1. The quantitative estimate of drug-likeness (QED) is 0.689. The highest BCUT2D eigenvalue weighted by atomic mass is 15.3. The second-order valence-corrected chi connectivity index (χ2v) is 7.40. The first kappa shape index (κ1) is 16.2. The first-order valence-electron chi connectivity index (χ1n) is 9.28. The van der Waals surface area contributed by atoms with Gasteiger partial charge in [0.05, 0.1) is 6.54 Å². The molecule has 0 bridgehead atoms. The molecular weight excluding hydrogens is 310 g/mol. The summed E-state index contributed by atoms with van der Waals surface area (Å²) in [5, 5.41) is 7.90. The molecule has 1 aromatic carbocycles. The van der Waals surface area contributed by atoms with Gasteiger partial charge in [-0.3, -0.25) is 9.67 Å². The van der Waals surface area contributed by atoms with E-state index in [0.29, 0.717) is 5.41 Å². The molecule has 25 heavy (non-hydrogen) atoms. The summed E-state index contributed by atoms with van der Waals surface area (Å²) in [7, 11) is 1.89. The van der Waals surface area contributed by atoms with Gasteiger partial charge in [-0.25, -0.2) is 0 Å². The van der Waals surface area contributed by atoms with Crippen molar-refractivity contribution in [2.45, 2.75) is 38.8 Å². The van der Waals surface area contributed by atoms with E-state index in [4.69, 9.17) is 0 Å². The molecule has 1 aromatic heterocycles. The Morgan fingerprint density at radius 2 is 2.04 bits per heavy atom. The molecule has 1 aliphatic heterocycles. The van der Waals surface area contributed by atoms with E-state index < -0.39 is 0 Å². The fourth-order valence-electron chi connectivity index (χ4n) is 4.16. The third-order valence-corrected chi connectivity index (χ3v) is 5.81. The summed E-state index contributed by atoms with van der Waals surface area (Å²) in [5.74, 6) is 1.04. The fourth-order valence-corrected chi connectivity index (χ4v) is 4.16. The van der Waals surface area contributed by atoms with Crippen molar-refractivity contribution in [1.29, 1.82) is 0 Å². The molecule has 1 saturated carbocycles. The smallest absolute Gasteiger partial charge is 0.193 e. The lowest BCUT2D eigenvalue weighted by atomic mass is 9.68. The Kier molecular flexibility index (Phi) is 4.47. The van der Waals surface area contributed by atoms with E-state index in [1.165, 1.54) is 43.4 Å². The first-order chi connectivity index (χ1) is 12.3. The number of nitrogens with one attached hydrogen (secondary N) is 1. The minimum Gasteiger partial charge on any atom is -0.352 e. The number of nitrogens with zero attached hydrogens (tertiary/aromatic N) is 4. The normalized spacial score (nSPS) is 19.2. The average Bonchev–Trinajstić information content (AvgIpc) is 3.26. The van der Waals surface area contributed by atoms with E-state index in [-0.39, 0.29) is 0 Å². The van der Waals surface area contributed by atoms with Crippen molar-refractivity contribution in [2.75, 3.05) is 20.1 Å². The van der Waals surface area contributed by atoms with Gasteiger partial charge in [0, 0.05) is 39.1 Å². The van der Waals surface area contributed by atoms with Crippen molar-refractivity contribution in [3.63, 3.8) is 0 Å². The summed E-state index contributed by atoms with van der Waals surface area (Å²) in [6.07, 6.45) is 9.35. The Balaban J connectivity index is 1.40. The van der Waals surface area contributed by atoms with E-state index in [9.17, 15) is 0 Å². The molecule has 1 spiro atoms. The van der Waals surface area contributed by atoms with Gasteiger partial charge in [-0.1, -0.05) is 30.7 Å². The summed E-state index contributed by atoms with van der Waals surface area (Å²) in [5.41, 5.74) is 3.19. The first-order valence-corrected chi connectivity index (χ1v) is 9.28. The van der Waals surface area contributed by atoms with Crippen LogP contribution in [0, 0.1) is 5.41 Å². The molecule has 2 fully saturated rings. The van der Waals surface area contributed by atoms with Crippen LogP contribution in [0.4, 0.5) is 0 Å². The molecule has 2 heterocycles. The summed E-state index contributed by atoms with van der Waals surface area (Å²) >= 11 is 0. The highest BCUT2D eigenvalue weighted by Gasteiger charge is 2.43. The van der Waals surface area contributed by atoms with Gasteiger partial charge >= 0.3 is 0 Å². The minimum absolute atomic E-state index is 0.593. The second kappa shape index (κ2) is 6.90. The molecule has 0 unspecified atom stereocenters. The Labute approximate surface area is 149 Å². The van der Waals surface area contributed by atoms with Crippen LogP contribution in [-0.2, 0) is 13.1 Å². The zero-order valence-electron chi connectivity index (χ0n) is 15.0. The summed E-state index contributed by atoms with van der Waals surface area (Å²) in [6, 6.07) is 10.5. The van der Waals surface area contributed by atoms with Gasteiger partial charge in [0.2, 0.25) is 0 Å². The number of hydrogen-bond acceptors (Lipinski definition) is 2. The average molecular weight is 337 g/mol. The molecule has 0 radical (unpaired) electrons. The van der Waals surface area contributed by atoms with Crippen molar-refractivity contribution in [2.24, 2.45) is 10.4 Å². The lowest BCUT2D eigenvalue weighted by Gasteiger charge is -2.38. The van der Waals surface area contributed by atoms with E-state index in [2.05, 4.69) is 44.6 Å². The zero-order valence-corrected chi connectivity index (χ0v) is 15.0. The Bertz CT molecular complexity index is 730. The van der Waals surface area contributed by atoms with E-state index >= 15 is 0 Å². The number of likely N-dealkylation sites (tertiary alicyclic amines) is 1. The van der Waals surface area contributed by atoms with Crippen LogP contribution in [0.15, 0.2) is 47.7 Å². The fraction of sp³-hybridized carbons (Fsp3) is 0.500. The summed E-state index contributed by atoms with van der Waals surface area (Å²) in [4.78, 5) is 6.97. The predicted molar refractivity (Wildman–Crippen MR) is 100 cm³/mol. The number of guanidine groups is 1. The van der Waals surface area contributed by atoms with Crippen molar-refractivity contribution in [1.82, 2.24) is 20.0 Å². The van der Waals surface area contributed by atoms with Crippen LogP contribution in [0.3, 0.4) is 0 Å². The topological polar surface area (TPSA) is 45.5 Å². The largest absolute Gasteiger partial charge is 0.352 e. The lowest BCUT2D eigenvalue weighted by molar-refractivity contribution is 0.151. The molecule has 0 amide bonds. The van der Waals surface area contributed by atoms with Crippen LogP contribution >= 0.6 is 0 Å². The number of aliphatic imine (C=N–C) groups is 1. The maximum Gasteiger partial charge on any atom is 0.193 e. The molecule has 0 atom stereocenters. The van der Waals surface area contributed by atoms with E-state index in [1.54, 1.807) is 0 Å². The molecule has 1 N–H and O–H groups in total. The van der Waals surface area contributed by atoms with Gasteiger partial charge < -0.3 is 10.2 Å². The number of hydrogen-bond donors (Lipinski definition) is 1. The van der Waals surface area contributed by atoms with Gasteiger partial charge in [-0.2, -0.15) is 5.10 Å². The Morgan fingerprint density at radius 3 is 2.68 bits per heavy atom. The lowest BCUT2D eigenvalue weighted by Crippen LogP contribution is -2.42. The van der Waals surface area contributed by atoms with Crippen LogP contribution in [0.1, 0.15) is 36.8 Å². The van der Waals surface area contributed by atoms with Crippen LogP contribution in [0.25, 0.3) is 0 Å². The third-order valence-electron chi connectivity index (χ3n) is 5.81. The van der Waals surface area contributed by atoms with E-state index in [1.807, 2.05) is 30.2 Å². The number of rotatable bonds is 4. The molecule has 5 heteroatoms. The summed E-state index contributed by atoms with van der Waals surface area (Å²) < 4.78 is 1.97.